The number of nitrogens with zero attached hydrogens (tertiary/aromatic N) is 2. The van der Waals surface area contributed by atoms with Crippen LogP contribution in [0.1, 0.15) is 85.6 Å². The second kappa shape index (κ2) is 9.59. The van der Waals surface area contributed by atoms with Crippen molar-refractivity contribution in [2.24, 2.45) is 5.73 Å². The summed E-state index contributed by atoms with van der Waals surface area (Å²) >= 11 is 0. The van der Waals surface area contributed by atoms with Crippen molar-refractivity contribution in [3.63, 3.8) is 0 Å². The molecular formula is C22H36N4O2. The summed E-state index contributed by atoms with van der Waals surface area (Å²) < 4.78 is 2.40. The van der Waals surface area contributed by atoms with Gasteiger partial charge in [-0.25, -0.2) is 0 Å². The van der Waals surface area contributed by atoms with Crippen molar-refractivity contribution >= 4 is 11.8 Å². The van der Waals surface area contributed by atoms with Crippen LogP contribution < -0.4 is 11.1 Å². The Morgan fingerprint density at radius 2 is 1.82 bits per heavy atom. The van der Waals surface area contributed by atoms with Gasteiger partial charge >= 0.3 is 0 Å². The van der Waals surface area contributed by atoms with Gasteiger partial charge in [-0.3, -0.25) is 9.59 Å². The maximum absolute atomic E-state index is 13.4. The highest BCUT2D eigenvalue weighted by Crippen LogP contribution is 2.33. The summed E-state index contributed by atoms with van der Waals surface area (Å²) in [7, 11) is 0. The zero-order valence-electron chi connectivity index (χ0n) is 17.5. The summed E-state index contributed by atoms with van der Waals surface area (Å²) in [6.07, 6.45) is 9.71. The first-order valence-corrected chi connectivity index (χ1v) is 11.0. The molecule has 2 aliphatic rings. The Hall–Kier alpha value is -1.82. The Bertz CT molecular complexity index is 691. The minimum absolute atomic E-state index is 0.0315. The first-order valence-electron chi connectivity index (χ1n) is 11.0. The van der Waals surface area contributed by atoms with Crippen molar-refractivity contribution in [3.05, 3.63) is 23.0 Å². The van der Waals surface area contributed by atoms with Crippen molar-refractivity contribution < 1.29 is 9.59 Å². The lowest BCUT2D eigenvalue weighted by Crippen LogP contribution is -2.49. The number of piperidine rings is 1. The van der Waals surface area contributed by atoms with Gasteiger partial charge in [-0.15, -0.1) is 0 Å². The number of hydrogen-bond donors (Lipinski definition) is 2. The van der Waals surface area contributed by atoms with Gasteiger partial charge in [0, 0.05) is 49.5 Å². The van der Waals surface area contributed by atoms with E-state index in [1.807, 2.05) is 4.90 Å². The first kappa shape index (κ1) is 20.9. The third kappa shape index (κ3) is 4.59. The number of carbonyl (C=O) groups is 2. The fourth-order valence-electron chi connectivity index (χ4n) is 4.98. The third-order valence-electron chi connectivity index (χ3n) is 6.45. The lowest BCUT2D eigenvalue weighted by atomic mass is 9.95. The summed E-state index contributed by atoms with van der Waals surface area (Å²) in [5, 5.41) is 2.95. The molecule has 1 aromatic rings. The van der Waals surface area contributed by atoms with Crippen molar-refractivity contribution in [3.8, 4) is 0 Å². The second-order valence-corrected chi connectivity index (χ2v) is 8.44. The molecule has 0 aromatic carbocycles. The van der Waals surface area contributed by atoms with E-state index in [0.717, 1.165) is 37.1 Å². The molecule has 1 aliphatic heterocycles. The summed E-state index contributed by atoms with van der Waals surface area (Å²) in [6, 6.07) is 2.68. The molecule has 0 bridgehead atoms. The predicted molar refractivity (Wildman–Crippen MR) is 111 cm³/mol. The molecule has 1 saturated heterocycles. The molecule has 6 heteroatoms. The normalized spacial score (nSPS) is 21.0. The number of carbonyl (C=O) groups excluding carboxylic acids is 2. The molecule has 3 N–H and O–H groups in total. The predicted octanol–water partition coefficient (Wildman–Crippen LogP) is 3.07. The third-order valence-corrected chi connectivity index (χ3v) is 6.45. The van der Waals surface area contributed by atoms with E-state index in [1.54, 1.807) is 0 Å². The molecule has 1 aromatic heterocycles. The topological polar surface area (TPSA) is 80.4 Å². The van der Waals surface area contributed by atoms with Crippen molar-refractivity contribution in [1.29, 1.82) is 0 Å². The number of nitrogens with one attached hydrogen (secondary N) is 1. The largest absolute Gasteiger partial charge is 0.354 e. The van der Waals surface area contributed by atoms with Crippen LogP contribution in [0, 0.1) is 13.8 Å². The number of amides is 2. The molecular weight excluding hydrogens is 352 g/mol. The Morgan fingerprint density at radius 3 is 2.54 bits per heavy atom. The van der Waals surface area contributed by atoms with Crippen LogP contribution in [0.2, 0.25) is 0 Å². The van der Waals surface area contributed by atoms with Gasteiger partial charge in [-0.2, -0.15) is 0 Å². The number of nitrogens with two attached hydrogens (primary N) is 1. The molecule has 28 heavy (non-hydrogen) atoms. The number of aryl methyl sites for hydroxylation is 1. The van der Waals surface area contributed by atoms with Crippen LogP contribution in [0.25, 0.3) is 0 Å². The monoisotopic (exact) mass is 388 g/mol. The maximum Gasteiger partial charge on any atom is 0.255 e. The molecule has 1 saturated carbocycles. The quantitative estimate of drug-likeness (QED) is 0.786. The van der Waals surface area contributed by atoms with E-state index in [1.165, 1.54) is 37.8 Å². The Kier molecular flexibility index (Phi) is 7.16. The van der Waals surface area contributed by atoms with Gasteiger partial charge < -0.3 is 20.5 Å². The van der Waals surface area contributed by atoms with Gasteiger partial charge in [0.1, 0.15) is 0 Å². The fourth-order valence-corrected chi connectivity index (χ4v) is 4.98. The smallest absolute Gasteiger partial charge is 0.255 e. The van der Waals surface area contributed by atoms with E-state index in [4.69, 9.17) is 5.73 Å². The number of likely N-dealkylation sites (tertiary alicyclic amines) is 1. The molecule has 1 atom stereocenters. The summed E-state index contributed by atoms with van der Waals surface area (Å²) in [5.41, 5.74) is 8.59. The zero-order valence-corrected chi connectivity index (χ0v) is 17.5. The van der Waals surface area contributed by atoms with E-state index in [2.05, 4.69) is 29.8 Å². The van der Waals surface area contributed by atoms with Crippen LogP contribution in [0.4, 0.5) is 0 Å². The van der Waals surface area contributed by atoms with Crippen LogP contribution in [0.15, 0.2) is 6.07 Å². The Morgan fingerprint density at radius 1 is 1.11 bits per heavy atom. The van der Waals surface area contributed by atoms with E-state index < -0.39 is 0 Å². The van der Waals surface area contributed by atoms with E-state index in [0.29, 0.717) is 25.6 Å². The highest BCUT2D eigenvalue weighted by Gasteiger charge is 2.31. The molecule has 0 radical (unpaired) electrons. The molecule has 3 rings (SSSR count). The average Bonchev–Trinajstić information content (AvgIpc) is 3.01. The van der Waals surface area contributed by atoms with E-state index >= 15 is 0 Å². The summed E-state index contributed by atoms with van der Waals surface area (Å²) in [4.78, 5) is 27.2. The lowest BCUT2D eigenvalue weighted by Gasteiger charge is -2.36. The molecule has 2 amide bonds. The van der Waals surface area contributed by atoms with Crippen LogP contribution in [0.3, 0.4) is 0 Å². The molecule has 2 heterocycles. The summed E-state index contributed by atoms with van der Waals surface area (Å²) in [6.45, 7) is 5.86. The zero-order chi connectivity index (χ0) is 20.1. The molecule has 6 nitrogen and oxygen atoms in total. The van der Waals surface area contributed by atoms with Crippen molar-refractivity contribution in [2.75, 3.05) is 19.6 Å². The highest BCUT2D eigenvalue weighted by atomic mass is 16.2. The Labute approximate surface area is 168 Å². The standard InChI is InChI=1S/C22H36N4O2/c1-16-14-20(17(2)26(16)18-8-4-3-5-9-18)22(28)25-13-7-6-10-19(25)15-24-21(27)11-12-23/h14,18-19H,3-13,15,23H2,1-2H3,(H,24,27). The highest BCUT2D eigenvalue weighted by molar-refractivity contribution is 5.96. The second-order valence-electron chi connectivity index (χ2n) is 8.44. The Balaban J connectivity index is 1.74. The number of aromatic nitrogens is 1. The van der Waals surface area contributed by atoms with Gasteiger partial charge in [0.25, 0.3) is 5.91 Å². The summed E-state index contributed by atoms with van der Waals surface area (Å²) in [5.74, 6) is 0.0869. The van der Waals surface area contributed by atoms with Gasteiger partial charge in [0.15, 0.2) is 0 Å². The average molecular weight is 389 g/mol. The number of rotatable bonds is 6. The molecule has 0 spiro atoms. The van der Waals surface area contributed by atoms with Crippen LogP contribution >= 0.6 is 0 Å². The van der Waals surface area contributed by atoms with E-state index in [-0.39, 0.29) is 17.9 Å². The van der Waals surface area contributed by atoms with E-state index in [9.17, 15) is 9.59 Å². The minimum Gasteiger partial charge on any atom is -0.354 e. The fraction of sp³-hybridized carbons (Fsp3) is 0.727. The lowest BCUT2D eigenvalue weighted by molar-refractivity contribution is -0.121. The van der Waals surface area contributed by atoms with Crippen LogP contribution in [0.5, 0.6) is 0 Å². The molecule has 1 aliphatic carbocycles. The molecule has 2 fully saturated rings. The first-order chi connectivity index (χ1) is 13.5. The molecule has 156 valence electrons. The SMILES string of the molecule is Cc1cc(C(=O)N2CCCCC2CNC(=O)CCN)c(C)n1C1CCCCC1. The van der Waals surface area contributed by atoms with Crippen LogP contribution in [-0.2, 0) is 4.79 Å². The van der Waals surface area contributed by atoms with Gasteiger partial charge in [-0.1, -0.05) is 19.3 Å². The van der Waals surface area contributed by atoms with Crippen molar-refractivity contribution in [1.82, 2.24) is 14.8 Å². The van der Waals surface area contributed by atoms with Gasteiger partial charge in [0.05, 0.1) is 5.56 Å². The maximum atomic E-state index is 13.4. The minimum atomic E-state index is -0.0315. The number of hydrogen-bond acceptors (Lipinski definition) is 3. The van der Waals surface area contributed by atoms with Crippen molar-refractivity contribution in [2.45, 2.75) is 83.7 Å². The van der Waals surface area contributed by atoms with Gasteiger partial charge in [0.2, 0.25) is 5.91 Å². The van der Waals surface area contributed by atoms with Gasteiger partial charge in [-0.05, 0) is 52.0 Å². The van der Waals surface area contributed by atoms with Crippen LogP contribution in [-0.4, -0.2) is 47.0 Å². The molecule has 1 unspecified atom stereocenters.